The molecule has 0 saturated heterocycles. The van der Waals surface area contributed by atoms with Gasteiger partial charge in [-0.05, 0) is 54.5 Å². The maximum Gasteiger partial charge on any atom is 0.190 e. The Labute approximate surface area is 195 Å². The Hall–Kier alpha value is -2.83. The molecule has 0 amide bonds. The second-order valence-electron chi connectivity index (χ2n) is 6.53. The van der Waals surface area contributed by atoms with Gasteiger partial charge in [-0.25, -0.2) is 0 Å². The molecule has 4 rings (SSSR count). The molecule has 0 saturated carbocycles. The topological polar surface area (TPSA) is 0 Å². The van der Waals surface area contributed by atoms with Crippen LogP contribution < -0.4 is 15.9 Å². The minimum atomic E-state index is -2.14. The molecule has 2 heteroatoms. The van der Waals surface area contributed by atoms with E-state index in [-0.39, 0.29) is 22.4 Å². The Bertz CT molecular complexity index is 1080. The van der Waals surface area contributed by atoms with Crippen LogP contribution in [0.4, 0.5) is 0 Å². The number of hydrogen-bond donors (Lipinski definition) is 0. The average molecular weight is 584 g/mol. The molecule has 0 unspecified atom stereocenters. The fourth-order valence-corrected chi connectivity index (χ4v) is 6.70. The van der Waals surface area contributed by atoms with Gasteiger partial charge in [0.2, 0.25) is 0 Å². The van der Waals surface area contributed by atoms with Crippen LogP contribution in [0.2, 0.25) is 0 Å². The van der Waals surface area contributed by atoms with Crippen molar-refractivity contribution in [3.63, 3.8) is 0 Å². The van der Waals surface area contributed by atoms with Crippen molar-refractivity contribution in [2.45, 2.75) is 0 Å². The van der Waals surface area contributed by atoms with Gasteiger partial charge in [-0.2, -0.15) is 0 Å². The minimum absolute atomic E-state index is 0. The van der Waals surface area contributed by atoms with E-state index in [4.69, 9.17) is 0 Å². The molecule has 147 valence electrons. The van der Waals surface area contributed by atoms with Gasteiger partial charge in [0, 0.05) is 33.9 Å². The summed E-state index contributed by atoms with van der Waals surface area (Å²) in [5, 5.41) is 3.73. The normalized spacial score (nSPS) is 9.87. The van der Waals surface area contributed by atoms with Gasteiger partial charge in [-0.15, -0.1) is 0 Å². The molecule has 0 N–H and O–H groups in total. The van der Waals surface area contributed by atoms with Crippen LogP contribution in [-0.4, -0.2) is 0 Å². The van der Waals surface area contributed by atoms with Crippen molar-refractivity contribution >= 4 is 23.2 Å². The molecule has 0 aliphatic heterocycles. The molecule has 0 bridgehead atoms. The van der Waals surface area contributed by atoms with E-state index >= 15 is 0 Å². The van der Waals surface area contributed by atoms with Crippen molar-refractivity contribution in [3.8, 4) is 23.4 Å². The molecule has 0 heterocycles. The van der Waals surface area contributed by atoms with Crippen molar-refractivity contribution in [3.05, 3.63) is 127 Å². The van der Waals surface area contributed by atoms with E-state index in [2.05, 4.69) is 114 Å². The summed E-state index contributed by atoms with van der Waals surface area (Å²) < 4.78 is 0. The van der Waals surface area contributed by atoms with Gasteiger partial charge >= 0.3 is 0 Å². The third-order valence-electron chi connectivity index (χ3n) is 4.70. The van der Waals surface area contributed by atoms with E-state index < -0.39 is 7.26 Å². The summed E-state index contributed by atoms with van der Waals surface area (Å²) in [6, 6.07) is 41.8. The number of hydrogen-bond acceptors (Lipinski definition) is 0. The van der Waals surface area contributed by atoms with Crippen LogP contribution in [0.25, 0.3) is 0 Å². The number of rotatable bonds is 3. The van der Waals surface area contributed by atoms with Gasteiger partial charge in [0.15, 0.2) is 7.26 Å². The van der Waals surface area contributed by atoms with Gasteiger partial charge in [0.1, 0.15) is 21.6 Å². The second kappa shape index (κ2) is 10.8. The smallest absolute Gasteiger partial charge is 0.0622 e. The van der Waals surface area contributed by atoms with Crippen molar-refractivity contribution in [1.82, 2.24) is 0 Å². The molecule has 0 aliphatic carbocycles. The van der Waals surface area contributed by atoms with Gasteiger partial charge in [-0.1, -0.05) is 78.7 Å². The Morgan fingerprint density at radius 3 is 1.20 bits per heavy atom. The first kappa shape index (κ1) is 21.9. The van der Waals surface area contributed by atoms with Crippen LogP contribution in [-0.2, 0) is 22.4 Å². The molecular weight excluding hydrogens is 564 g/mol. The summed E-state index contributed by atoms with van der Waals surface area (Å²) in [6.07, 6.45) is 0. The Morgan fingerprint density at radius 1 is 0.433 bits per heavy atom. The SMILES string of the molecule is C(C#C[P+](c1ccccc1)(c1ccccc1)c1ccccc1)#Cc1ccccc1.[Au]. The molecule has 0 fully saturated rings. The van der Waals surface area contributed by atoms with Crippen LogP contribution in [0.1, 0.15) is 5.56 Å². The van der Waals surface area contributed by atoms with Crippen molar-refractivity contribution in [2.24, 2.45) is 0 Å². The van der Waals surface area contributed by atoms with E-state index in [1.54, 1.807) is 0 Å². The molecule has 0 spiro atoms. The maximum atomic E-state index is 3.64. The quantitative estimate of drug-likeness (QED) is 0.181. The summed E-state index contributed by atoms with van der Waals surface area (Å²) in [7, 11) is -2.14. The summed E-state index contributed by atoms with van der Waals surface area (Å²) in [5.41, 5.74) is 4.62. The van der Waals surface area contributed by atoms with Gasteiger partial charge in [0.05, 0.1) is 0 Å². The Balaban J connectivity index is 0.00000256. The van der Waals surface area contributed by atoms with Crippen molar-refractivity contribution in [2.75, 3.05) is 0 Å². The predicted octanol–water partition coefficient (Wildman–Crippen LogP) is 4.99. The van der Waals surface area contributed by atoms with Crippen LogP contribution >= 0.6 is 7.26 Å². The van der Waals surface area contributed by atoms with Gasteiger partial charge in [0.25, 0.3) is 0 Å². The maximum absolute atomic E-state index is 3.64. The molecule has 4 aromatic carbocycles. The van der Waals surface area contributed by atoms with Crippen LogP contribution in [0, 0.1) is 23.4 Å². The van der Waals surface area contributed by atoms with E-state index in [9.17, 15) is 0 Å². The van der Waals surface area contributed by atoms with Crippen LogP contribution in [0.3, 0.4) is 0 Å². The first-order valence-electron chi connectivity index (χ1n) is 9.54. The Morgan fingerprint density at radius 2 is 0.800 bits per heavy atom. The predicted molar refractivity (Wildman–Crippen MR) is 126 cm³/mol. The van der Waals surface area contributed by atoms with Crippen molar-refractivity contribution in [1.29, 1.82) is 0 Å². The Kier molecular flexibility index (Phi) is 7.88. The summed E-state index contributed by atoms with van der Waals surface area (Å²) >= 11 is 0. The van der Waals surface area contributed by atoms with E-state index in [1.165, 1.54) is 15.9 Å². The molecule has 30 heavy (non-hydrogen) atoms. The van der Waals surface area contributed by atoms with E-state index in [0.717, 1.165) is 5.56 Å². The average Bonchev–Trinajstić information content (AvgIpc) is 2.82. The zero-order chi connectivity index (χ0) is 19.8. The molecule has 0 aromatic heterocycles. The number of benzene rings is 4. The third kappa shape index (κ3) is 4.83. The molecule has 0 atom stereocenters. The molecular formula is C28H20AuP+. The van der Waals surface area contributed by atoms with Crippen molar-refractivity contribution < 1.29 is 22.4 Å². The first-order chi connectivity index (χ1) is 14.4. The largest absolute Gasteiger partial charge is 0.190 e. The fraction of sp³-hybridized carbons (Fsp3) is 0. The molecule has 0 nitrogen and oxygen atoms in total. The molecule has 4 aromatic rings. The zero-order valence-corrected chi connectivity index (χ0v) is 19.4. The van der Waals surface area contributed by atoms with Gasteiger partial charge in [-0.3, -0.25) is 0 Å². The van der Waals surface area contributed by atoms with Gasteiger partial charge < -0.3 is 0 Å². The van der Waals surface area contributed by atoms with Crippen LogP contribution in [0.5, 0.6) is 0 Å². The summed E-state index contributed by atoms with van der Waals surface area (Å²) in [4.78, 5) is 0. The standard InChI is InChI=1S/C28H20P.Au/c1-5-15-25(16-6-1)17-13-14-24-29(26-18-7-2-8-19-26,27-20-9-3-10-21-27)28-22-11-4-12-23-28;/h1-12,15-16,18-23H;/q+1;. The zero-order valence-electron chi connectivity index (χ0n) is 16.3. The first-order valence-corrected chi connectivity index (χ1v) is 11.3. The third-order valence-corrected chi connectivity index (χ3v) is 8.36. The molecule has 1 radical (unpaired) electrons. The van der Waals surface area contributed by atoms with E-state index in [1.807, 2.05) is 30.3 Å². The second-order valence-corrected chi connectivity index (χ2v) is 9.64. The van der Waals surface area contributed by atoms with E-state index in [0.29, 0.717) is 0 Å². The summed E-state index contributed by atoms with van der Waals surface area (Å²) in [5.74, 6) is 9.46. The monoisotopic (exact) mass is 584 g/mol. The summed E-state index contributed by atoms with van der Waals surface area (Å²) in [6.45, 7) is 0. The fourth-order valence-electron chi connectivity index (χ4n) is 3.33. The minimum Gasteiger partial charge on any atom is -0.0622 e. The molecule has 0 aliphatic rings. The van der Waals surface area contributed by atoms with Crippen LogP contribution in [0.15, 0.2) is 121 Å².